The van der Waals surface area contributed by atoms with Gasteiger partial charge < -0.3 is 0 Å². The van der Waals surface area contributed by atoms with Gasteiger partial charge in [-0.2, -0.15) is 0 Å². The molecule has 2 rings (SSSR count). The predicted octanol–water partition coefficient (Wildman–Crippen LogP) is 1.28. The van der Waals surface area contributed by atoms with Gasteiger partial charge in [0.25, 0.3) is 0 Å². The van der Waals surface area contributed by atoms with Gasteiger partial charge in [0.2, 0.25) is 0 Å². The molecule has 0 N–H and O–H groups in total. The largest absolute Gasteiger partial charge is 0.285 e. The Kier molecular flexibility index (Phi) is 0.950. The monoisotopic (exact) mass is 117 g/mol. The van der Waals surface area contributed by atoms with Gasteiger partial charge in [0.05, 0.1) is 5.69 Å². The van der Waals surface area contributed by atoms with Crippen molar-refractivity contribution < 1.29 is 0 Å². The molecule has 9 heavy (non-hydrogen) atoms. The molecule has 0 unspecified atom stereocenters. The first kappa shape index (κ1) is 4.86. The first-order valence-electron chi connectivity index (χ1n) is 3.14. The van der Waals surface area contributed by atoms with Gasteiger partial charge in [-0.25, -0.2) is 0 Å². The van der Waals surface area contributed by atoms with Crippen LogP contribution in [0, 0.1) is 6.07 Å². The number of rotatable bonds is 0. The van der Waals surface area contributed by atoms with Crippen LogP contribution < -0.4 is 5.32 Å². The quantitative estimate of drug-likeness (QED) is 0.486. The lowest BCUT2D eigenvalue weighted by atomic mass is 10.2. The molecule has 0 saturated carbocycles. The van der Waals surface area contributed by atoms with Crippen LogP contribution in [0.2, 0.25) is 0 Å². The van der Waals surface area contributed by atoms with Gasteiger partial charge in [-0.1, -0.05) is 12.1 Å². The zero-order valence-corrected chi connectivity index (χ0v) is 5.09. The minimum absolute atomic E-state index is 0.954. The summed E-state index contributed by atoms with van der Waals surface area (Å²) in [5.41, 5.74) is 2.41. The van der Waals surface area contributed by atoms with Gasteiger partial charge in [0.1, 0.15) is 0 Å². The smallest absolute Gasteiger partial charge is 0.0613 e. The first-order valence-corrected chi connectivity index (χ1v) is 3.14. The maximum atomic E-state index is 4.27. The molecule has 0 saturated heterocycles. The number of nitrogens with zero attached hydrogens (tertiary/aromatic N) is 1. The lowest BCUT2D eigenvalue weighted by Gasteiger charge is -1.91. The maximum absolute atomic E-state index is 4.27. The Balaban J connectivity index is 2.54. The van der Waals surface area contributed by atoms with Crippen LogP contribution in [0.4, 0.5) is 5.69 Å². The Labute approximate surface area is 54.7 Å². The first-order chi connectivity index (χ1) is 4.47. The summed E-state index contributed by atoms with van der Waals surface area (Å²) in [6, 6.07) is 9.12. The average Bonchev–Trinajstić information content (AvgIpc) is 2.33. The van der Waals surface area contributed by atoms with E-state index in [9.17, 15) is 0 Å². The third-order valence-electron chi connectivity index (χ3n) is 1.56. The molecule has 1 aliphatic rings. The Hall–Kier alpha value is -0.980. The van der Waals surface area contributed by atoms with E-state index < -0.39 is 0 Å². The summed E-state index contributed by atoms with van der Waals surface area (Å²) in [6.07, 6.45) is 1.08. The number of fused-ring (bicyclic) bond motifs is 1. The molecule has 1 aromatic carbocycles. The van der Waals surface area contributed by atoms with E-state index in [2.05, 4.69) is 11.4 Å². The highest BCUT2D eigenvalue weighted by molar-refractivity contribution is 5.47. The fourth-order valence-electron chi connectivity index (χ4n) is 1.10. The summed E-state index contributed by atoms with van der Waals surface area (Å²) in [4.78, 5) is 0. The molecule has 44 valence electrons. The molecule has 0 fully saturated rings. The molecule has 0 spiro atoms. The average molecular weight is 117 g/mol. The fourth-order valence-corrected chi connectivity index (χ4v) is 1.10. The van der Waals surface area contributed by atoms with Crippen LogP contribution >= 0.6 is 0 Å². The molecule has 1 heterocycles. The van der Waals surface area contributed by atoms with Crippen molar-refractivity contribution in [3.8, 4) is 0 Å². The van der Waals surface area contributed by atoms with Crippen molar-refractivity contribution in [1.82, 2.24) is 5.32 Å². The summed E-state index contributed by atoms with van der Waals surface area (Å²) >= 11 is 0. The van der Waals surface area contributed by atoms with E-state index >= 15 is 0 Å². The SMILES string of the molecule is [c]1cccc2c1CC[N]2. The Bertz CT molecular complexity index is 195. The van der Waals surface area contributed by atoms with E-state index in [1.165, 1.54) is 5.56 Å². The Morgan fingerprint density at radius 3 is 3.44 bits per heavy atom. The van der Waals surface area contributed by atoms with E-state index in [-0.39, 0.29) is 0 Å². The van der Waals surface area contributed by atoms with Gasteiger partial charge in [0, 0.05) is 6.54 Å². The van der Waals surface area contributed by atoms with Crippen molar-refractivity contribution in [3.63, 3.8) is 0 Å². The van der Waals surface area contributed by atoms with Crippen molar-refractivity contribution in [2.75, 3.05) is 6.54 Å². The summed E-state index contributed by atoms with van der Waals surface area (Å²) in [5.74, 6) is 0. The highest BCUT2D eigenvalue weighted by Crippen LogP contribution is 2.19. The van der Waals surface area contributed by atoms with E-state index in [0.29, 0.717) is 0 Å². The summed E-state index contributed by atoms with van der Waals surface area (Å²) < 4.78 is 0. The van der Waals surface area contributed by atoms with Crippen molar-refractivity contribution in [1.29, 1.82) is 0 Å². The Morgan fingerprint density at radius 2 is 2.56 bits per heavy atom. The van der Waals surface area contributed by atoms with E-state index in [0.717, 1.165) is 18.7 Å². The highest BCUT2D eigenvalue weighted by Gasteiger charge is 2.08. The minimum Gasteiger partial charge on any atom is -0.285 e. The second kappa shape index (κ2) is 1.76. The van der Waals surface area contributed by atoms with Crippen LogP contribution in [-0.2, 0) is 6.42 Å². The van der Waals surface area contributed by atoms with Gasteiger partial charge in [0.15, 0.2) is 0 Å². The summed E-state index contributed by atoms with van der Waals surface area (Å²) in [6.45, 7) is 0.954. The lowest BCUT2D eigenvalue weighted by Crippen LogP contribution is -1.88. The van der Waals surface area contributed by atoms with Crippen molar-refractivity contribution in [3.05, 3.63) is 29.8 Å². The number of hydrogen-bond acceptors (Lipinski definition) is 0. The number of benzene rings is 1. The van der Waals surface area contributed by atoms with Crippen LogP contribution in [0.25, 0.3) is 0 Å². The molecule has 2 radical (unpaired) electrons. The Morgan fingerprint density at radius 1 is 1.56 bits per heavy atom. The molecule has 1 heteroatoms. The van der Waals surface area contributed by atoms with Crippen molar-refractivity contribution in [2.24, 2.45) is 0 Å². The standard InChI is InChI=1S/C8H7N/c1-2-4-8-7(3-1)5-6-9-8/h1-2,4H,5-6H2. The topological polar surface area (TPSA) is 14.1 Å². The lowest BCUT2D eigenvalue weighted by molar-refractivity contribution is 0.909. The van der Waals surface area contributed by atoms with Crippen LogP contribution in [0.15, 0.2) is 18.2 Å². The van der Waals surface area contributed by atoms with E-state index in [1.54, 1.807) is 0 Å². The summed E-state index contributed by atoms with van der Waals surface area (Å²) in [5, 5.41) is 4.27. The zero-order valence-electron chi connectivity index (χ0n) is 5.09. The minimum atomic E-state index is 0.954. The van der Waals surface area contributed by atoms with Gasteiger partial charge >= 0.3 is 0 Å². The molecule has 0 bridgehead atoms. The molecule has 1 nitrogen and oxygen atoms in total. The maximum Gasteiger partial charge on any atom is 0.0613 e. The molecule has 1 aliphatic heterocycles. The van der Waals surface area contributed by atoms with Crippen LogP contribution in [-0.4, -0.2) is 6.54 Å². The van der Waals surface area contributed by atoms with E-state index in [1.807, 2.05) is 18.2 Å². The predicted molar refractivity (Wildman–Crippen MR) is 35.6 cm³/mol. The normalized spacial score (nSPS) is 14.7. The van der Waals surface area contributed by atoms with Crippen molar-refractivity contribution in [2.45, 2.75) is 6.42 Å². The van der Waals surface area contributed by atoms with Gasteiger partial charge in [-0.05, 0) is 24.1 Å². The van der Waals surface area contributed by atoms with E-state index in [4.69, 9.17) is 0 Å². The third-order valence-corrected chi connectivity index (χ3v) is 1.56. The molecule has 0 amide bonds. The molecule has 0 aliphatic carbocycles. The zero-order chi connectivity index (χ0) is 6.10. The summed E-state index contributed by atoms with van der Waals surface area (Å²) in [7, 11) is 0. The second-order valence-electron chi connectivity index (χ2n) is 2.17. The third kappa shape index (κ3) is 0.689. The highest BCUT2D eigenvalue weighted by atomic mass is 14.9. The fraction of sp³-hybridized carbons (Fsp3) is 0.250. The van der Waals surface area contributed by atoms with Crippen LogP contribution in [0.1, 0.15) is 5.56 Å². The van der Waals surface area contributed by atoms with Crippen LogP contribution in [0.3, 0.4) is 0 Å². The molecule has 0 atom stereocenters. The van der Waals surface area contributed by atoms with Crippen molar-refractivity contribution >= 4 is 5.69 Å². The van der Waals surface area contributed by atoms with Crippen LogP contribution in [0.5, 0.6) is 0 Å². The second-order valence-corrected chi connectivity index (χ2v) is 2.17. The van der Waals surface area contributed by atoms with Gasteiger partial charge in [-0.15, -0.1) is 0 Å². The molecule has 0 aromatic heterocycles. The molecule has 1 aromatic rings. The molecular weight excluding hydrogens is 110 g/mol. The molecular formula is C8H7N. The number of hydrogen-bond donors (Lipinski definition) is 0. The van der Waals surface area contributed by atoms with Gasteiger partial charge in [-0.3, -0.25) is 5.32 Å².